The summed E-state index contributed by atoms with van der Waals surface area (Å²) in [5.41, 5.74) is 2.15. The van der Waals surface area contributed by atoms with Gasteiger partial charge in [0.05, 0.1) is 22.0 Å². The first kappa shape index (κ1) is 22.2. The van der Waals surface area contributed by atoms with Crippen molar-refractivity contribution < 1.29 is 9.59 Å². The normalized spacial score (nSPS) is 22.9. The zero-order valence-corrected chi connectivity index (χ0v) is 19.6. The molecule has 2 aliphatic rings. The highest BCUT2D eigenvalue weighted by Gasteiger charge is 2.42. The van der Waals surface area contributed by atoms with Crippen LogP contribution in [0.3, 0.4) is 0 Å². The molecule has 164 valence electrons. The number of thioether (sulfide) groups is 1. The smallest absolute Gasteiger partial charge is 0.256 e. The number of aryl methyl sites for hydroxylation is 1. The SMILES string of the molecule is Cc1ccc(NC(=O)c2ccccc2SCC(=O)N[C@@H](C)[C@@H]2C[C@H]3CC[C@H]2C3)c(Cl)c1. The number of halogens is 1. The van der Waals surface area contributed by atoms with Crippen molar-refractivity contribution >= 4 is 40.9 Å². The van der Waals surface area contributed by atoms with Crippen molar-refractivity contribution in [1.82, 2.24) is 5.32 Å². The number of anilines is 1. The molecule has 2 aliphatic carbocycles. The number of nitrogens with one attached hydrogen (secondary N) is 2. The van der Waals surface area contributed by atoms with Crippen LogP contribution in [0.1, 0.15) is 48.5 Å². The average molecular weight is 457 g/mol. The summed E-state index contributed by atoms with van der Waals surface area (Å²) in [7, 11) is 0. The molecule has 6 heteroatoms. The predicted molar refractivity (Wildman–Crippen MR) is 128 cm³/mol. The molecule has 0 heterocycles. The summed E-state index contributed by atoms with van der Waals surface area (Å²) < 4.78 is 0. The van der Waals surface area contributed by atoms with Crippen molar-refractivity contribution in [3.8, 4) is 0 Å². The van der Waals surface area contributed by atoms with Gasteiger partial charge in [-0.05, 0) is 80.7 Å². The van der Waals surface area contributed by atoms with E-state index in [9.17, 15) is 9.59 Å². The van der Waals surface area contributed by atoms with Gasteiger partial charge in [-0.15, -0.1) is 11.8 Å². The molecule has 0 saturated heterocycles. The third-order valence-corrected chi connectivity index (χ3v) is 8.07. The minimum absolute atomic E-state index is 0.0251. The van der Waals surface area contributed by atoms with E-state index in [0.717, 1.165) is 22.3 Å². The van der Waals surface area contributed by atoms with Crippen molar-refractivity contribution in [2.75, 3.05) is 11.1 Å². The average Bonchev–Trinajstić information content (AvgIpc) is 3.38. The number of rotatable bonds is 7. The first-order valence-electron chi connectivity index (χ1n) is 11.0. The molecular weight excluding hydrogens is 428 g/mol. The summed E-state index contributed by atoms with van der Waals surface area (Å²) in [6.45, 7) is 4.09. The maximum Gasteiger partial charge on any atom is 0.256 e. The lowest BCUT2D eigenvalue weighted by Crippen LogP contribution is -2.40. The molecule has 2 aromatic carbocycles. The van der Waals surface area contributed by atoms with Crippen molar-refractivity contribution in [1.29, 1.82) is 0 Å². The van der Waals surface area contributed by atoms with Gasteiger partial charge in [0.2, 0.25) is 5.91 Å². The standard InChI is InChI=1S/C25H29ClN2O2S/c1-15-7-10-22(21(26)11-15)28-25(30)19-5-3-4-6-23(19)31-14-24(29)27-16(2)20-13-17-8-9-18(20)12-17/h3-7,10-11,16-18,20H,8-9,12-14H2,1-2H3,(H,27,29)(H,28,30)/t16-,17-,18-,20-/m0/s1. The van der Waals surface area contributed by atoms with Gasteiger partial charge < -0.3 is 10.6 Å². The Labute approximate surface area is 193 Å². The number of fused-ring (bicyclic) bond motifs is 2. The second-order valence-electron chi connectivity index (χ2n) is 8.92. The Morgan fingerprint density at radius 2 is 1.97 bits per heavy atom. The van der Waals surface area contributed by atoms with Crippen LogP contribution in [0.2, 0.25) is 5.02 Å². The number of hydrogen-bond donors (Lipinski definition) is 2. The highest BCUT2D eigenvalue weighted by atomic mass is 35.5. The van der Waals surface area contributed by atoms with Crippen LogP contribution in [-0.2, 0) is 4.79 Å². The fraction of sp³-hybridized carbons (Fsp3) is 0.440. The molecule has 0 spiro atoms. The quantitative estimate of drug-likeness (QED) is 0.507. The summed E-state index contributed by atoms with van der Waals surface area (Å²) in [6, 6.07) is 13.1. The highest BCUT2D eigenvalue weighted by Crippen LogP contribution is 2.49. The Kier molecular flexibility index (Phi) is 6.92. The maximum absolute atomic E-state index is 12.9. The van der Waals surface area contributed by atoms with Gasteiger partial charge in [0.15, 0.2) is 0 Å². The van der Waals surface area contributed by atoms with Gasteiger partial charge in [0.25, 0.3) is 5.91 Å². The van der Waals surface area contributed by atoms with Gasteiger partial charge in [-0.1, -0.05) is 36.2 Å². The number of carbonyl (C=O) groups is 2. The molecule has 2 fully saturated rings. The van der Waals surface area contributed by atoms with Crippen LogP contribution >= 0.6 is 23.4 Å². The van der Waals surface area contributed by atoms with E-state index >= 15 is 0 Å². The van der Waals surface area contributed by atoms with E-state index in [-0.39, 0.29) is 17.9 Å². The van der Waals surface area contributed by atoms with E-state index in [4.69, 9.17) is 11.6 Å². The third kappa shape index (κ3) is 5.27. The van der Waals surface area contributed by atoms with Gasteiger partial charge in [-0.25, -0.2) is 0 Å². The van der Waals surface area contributed by atoms with E-state index in [1.54, 1.807) is 12.1 Å². The predicted octanol–water partition coefficient (Wildman–Crippen LogP) is 5.93. The lowest BCUT2D eigenvalue weighted by atomic mass is 9.84. The number of amides is 2. The fourth-order valence-corrected chi connectivity index (χ4v) is 6.29. The molecule has 0 aromatic heterocycles. The molecule has 2 N–H and O–H groups in total. The van der Waals surface area contributed by atoms with Crippen molar-refractivity contribution in [3.63, 3.8) is 0 Å². The van der Waals surface area contributed by atoms with Crippen LogP contribution in [-0.4, -0.2) is 23.6 Å². The van der Waals surface area contributed by atoms with E-state index in [1.807, 2.05) is 37.3 Å². The van der Waals surface area contributed by atoms with Gasteiger partial charge in [0.1, 0.15) is 0 Å². The van der Waals surface area contributed by atoms with Gasteiger partial charge in [-0.3, -0.25) is 9.59 Å². The highest BCUT2D eigenvalue weighted by molar-refractivity contribution is 8.00. The zero-order valence-electron chi connectivity index (χ0n) is 18.0. The second kappa shape index (κ2) is 9.66. The van der Waals surface area contributed by atoms with Crippen molar-refractivity contribution in [3.05, 3.63) is 58.6 Å². The minimum Gasteiger partial charge on any atom is -0.353 e. The molecule has 2 amide bonds. The summed E-state index contributed by atoms with van der Waals surface area (Å²) in [5.74, 6) is 2.36. The molecule has 4 nitrogen and oxygen atoms in total. The minimum atomic E-state index is -0.232. The van der Waals surface area contributed by atoms with Gasteiger partial charge >= 0.3 is 0 Å². The molecule has 0 unspecified atom stereocenters. The second-order valence-corrected chi connectivity index (χ2v) is 10.3. The van der Waals surface area contributed by atoms with Gasteiger partial charge in [-0.2, -0.15) is 0 Å². The van der Waals surface area contributed by atoms with Crippen LogP contribution in [0.4, 0.5) is 5.69 Å². The Hall–Kier alpha value is -1.98. The summed E-state index contributed by atoms with van der Waals surface area (Å²) in [6.07, 6.45) is 5.28. The Morgan fingerprint density at radius 3 is 2.68 bits per heavy atom. The first-order valence-corrected chi connectivity index (χ1v) is 12.4. The summed E-state index contributed by atoms with van der Waals surface area (Å²) in [5, 5.41) is 6.59. The van der Waals surface area contributed by atoms with Crippen LogP contribution in [0, 0.1) is 24.7 Å². The Balaban J connectivity index is 1.34. The largest absolute Gasteiger partial charge is 0.353 e. The van der Waals surface area contributed by atoms with Gasteiger partial charge in [0, 0.05) is 10.9 Å². The zero-order chi connectivity index (χ0) is 22.0. The molecule has 0 radical (unpaired) electrons. The molecule has 2 bridgehead atoms. The van der Waals surface area contributed by atoms with E-state index < -0.39 is 0 Å². The first-order chi connectivity index (χ1) is 14.9. The van der Waals surface area contributed by atoms with Crippen LogP contribution in [0.25, 0.3) is 0 Å². The molecule has 4 rings (SSSR count). The van der Waals surface area contributed by atoms with Crippen LogP contribution < -0.4 is 10.6 Å². The number of benzene rings is 2. The lowest BCUT2D eigenvalue weighted by molar-refractivity contribution is -0.119. The molecular formula is C25H29ClN2O2S. The van der Waals surface area contributed by atoms with E-state index in [1.165, 1.54) is 37.4 Å². The molecule has 4 atom stereocenters. The lowest BCUT2D eigenvalue weighted by Gasteiger charge is -2.28. The third-order valence-electron chi connectivity index (χ3n) is 6.69. The number of hydrogen-bond acceptors (Lipinski definition) is 3. The molecule has 2 aromatic rings. The molecule has 2 saturated carbocycles. The van der Waals surface area contributed by atoms with Crippen LogP contribution in [0.5, 0.6) is 0 Å². The van der Waals surface area contributed by atoms with Crippen molar-refractivity contribution in [2.24, 2.45) is 17.8 Å². The van der Waals surface area contributed by atoms with Crippen LogP contribution in [0.15, 0.2) is 47.4 Å². The van der Waals surface area contributed by atoms with Crippen molar-refractivity contribution in [2.45, 2.75) is 50.5 Å². The topological polar surface area (TPSA) is 58.2 Å². The monoisotopic (exact) mass is 456 g/mol. The summed E-state index contributed by atoms with van der Waals surface area (Å²) >= 11 is 7.65. The Morgan fingerprint density at radius 1 is 1.16 bits per heavy atom. The maximum atomic E-state index is 12.9. The summed E-state index contributed by atoms with van der Waals surface area (Å²) in [4.78, 5) is 26.2. The Bertz CT molecular complexity index is 980. The number of carbonyl (C=O) groups excluding carboxylic acids is 2. The molecule has 0 aliphatic heterocycles. The van der Waals surface area contributed by atoms with E-state index in [0.29, 0.717) is 27.9 Å². The molecule has 31 heavy (non-hydrogen) atoms. The van der Waals surface area contributed by atoms with E-state index in [2.05, 4.69) is 17.6 Å². The fourth-order valence-electron chi connectivity index (χ4n) is 5.14.